The van der Waals surface area contributed by atoms with Crippen LogP contribution in [0.2, 0.25) is 5.02 Å². The second-order valence-electron chi connectivity index (χ2n) is 6.13. The van der Waals surface area contributed by atoms with Gasteiger partial charge in [-0.3, -0.25) is 4.79 Å². The number of halogens is 1. The molecule has 2 aromatic rings. The van der Waals surface area contributed by atoms with Gasteiger partial charge in [-0.25, -0.2) is 0 Å². The zero-order chi connectivity index (χ0) is 16.2. The van der Waals surface area contributed by atoms with Gasteiger partial charge in [-0.05, 0) is 41.3 Å². The SMILES string of the molecule is CC(C)(C)c1cccc(OCC(=O)Nc2cccc(Cl)c2)c1. The van der Waals surface area contributed by atoms with Crippen molar-refractivity contribution in [2.45, 2.75) is 26.2 Å². The first kappa shape index (κ1) is 16.4. The van der Waals surface area contributed by atoms with E-state index in [-0.39, 0.29) is 17.9 Å². The van der Waals surface area contributed by atoms with Crippen LogP contribution in [-0.4, -0.2) is 12.5 Å². The summed E-state index contributed by atoms with van der Waals surface area (Å²) in [5, 5.41) is 3.33. The zero-order valence-electron chi connectivity index (χ0n) is 13.0. The maximum atomic E-state index is 11.9. The molecule has 0 aliphatic rings. The lowest BCUT2D eigenvalue weighted by Gasteiger charge is -2.19. The van der Waals surface area contributed by atoms with Gasteiger partial charge >= 0.3 is 0 Å². The van der Waals surface area contributed by atoms with Gasteiger partial charge in [-0.15, -0.1) is 0 Å². The zero-order valence-corrected chi connectivity index (χ0v) is 13.8. The van der Waals surface area contributed by atoms with E-state index in [0.717, 1.165) is 0 Å². The van der Waals surface area contributed by atoms with Crippen LogP contribution in [0.1, 0.15) is 26.3 Å². The summed E-state index contributed by atoms with van der Waals surface area (Å²) in [6.45, 7) is 6.37. The molecule has 0 aliphatic carbocycles. The molecule has 2 aromatic carbocycles. The summed E-state index contributed by atoms with van der Waals surface area (Å²) < 4.78 is 5.56. The lowest BCUT2D eigenvalue weighted by molar-refractivity contribution is -0.118. The van der Waals surface area contributed by atoms with Crippen LogP contribution in [-0.2, 0) is 10.2 Å². The summed E-state index contributed by atoms with van der Waals surface area (Å²) in [6, 6.07) is 14.8. The highest BCUT2D eigenvalue weighted by Crippen LogP contribution is 2.25. The van der Waals surface area contributed by atoms with E-state index >= 15 is 0 Å². The third-order valence-electron chi connectivity index (χ3n) is 3.18. The number of carbonyl (C=O) groups excluding carboxylic acids is 1. The van der Waals surface area contributed by atoms with Crippen LogP contribution < -0.4 is 10.1 Å². The van der Waals surface area contributed by atoms with Crippen LogP contribution in [0.15, 0.2) is 48.5 Å². The standard InChI is InChI=1S/C18H20ClNO2/c1-18(2,3)13-6-4-9-16(10-13)22-12-17(21)20-15-8-5-7-14(19)11-15/h4-11H,12H2,1-3H3,(H,20,21). The van der Waals surface area contributed by atoms with Crippen LogP contribution in [0, 0.1) is 0 Å². The van der Waals surface area contributed by atoms with E-state index in [9.17, 15) is 4.79 Å². The van der Waals surface area contributed by atoms with Gasteiger partial charge in [0, 0.05) is 10.7 Å². The highest BCUT2D eigenvalue weighted by molar-refractivity contribution is 6.30. The van der Waals surface area contributed by atoms with Gasteiger partial charge in [0.1, 0.15) is 5.75 Å². The van der Waals surface area contributed by atoms with Crippen molar-refractivity contribution in [1.82, 2.24) is 0 Å². The average Bonchev–Trinajstić information content (AvgIpc) is 2.45. The molecule has 4 heteroatoms. The molecule has 0 unspecified atom stereocenters. The molecule has 2 rings (SSSR count). The van der Waals surface area contributed by atoms with Gasteiger partial charge in [0.05, 0.1) is 0 Å². The molecule has 0 saturated carbocycles. The van der Waals surface area contributed by atoms with Crippen molar-refractivity contribution in [3.63, 3.8) is 0 Å². The fourth-order valence-corrected chi connectivity index (χ4v) is 2.15. The van der Waals surface area contributed by atoms with Crippen molar-refractivity contribution in [1.29, 1.82) is 0 Å². The molecule has 116 valence electrons. The number of hydrogen-bond acceptors (Lipinski definition) is 2. The quantitative estimate of drug-likeness (QED) is 0.891. The first-order valence-corrected chi connectivity index (χ1v) is 7.51. The van der Waals surface area contributed by atoms with E-state index in [1.807, 2.05) is 18.2 Å². The summed E-state index contributed by atoms with van der Waals surface area (Å²) in [5.74, 6) is 0.470. The van der Waals surface area contributed by atoms with Gasteiger partial charge < -0.3 is 10.1 Å². The molecule has 0 bridgehead atoms. The number of carbonyl (C=O) groups is 1. The minimum atomic E-state index is -0.219. The van der Waals surface area contributed by atoms with Crippen molar-refractivity contribution in [3.05, 3.63) is 59.1 Å². The Morgan fingerprint density at radius 1 is 1.14 bits per heavy atom. The highest BCUT2D eigenvalue weighted by atomic mass is 35.5. The summed E-state index contributed by atoms with van der Waals surface area (Å²) in [7, 11) is 0. The third-order valence-corrected chi connectivity index (χ3v) is 3.41. The number of anilines is 1. The van der Waals surface area contributed by atoms with Crippen molar-refractivity contribution in [2.24, 2.45) is 0 Å². The number of hydrogen-bond donors (Lipinski definition) is 1. The number of rotatable bonds is 4. The Bertz CT molecular complexity index is 662. The second-order valence-corrected chi connectivity index (χ2v) is 6.56. The smallest absolute Gasteiger partial charge is 0.262 e. The second kappa shape index (κ2) is 6.84. The Kier molecular flexibility index (Phi) is 5.09. The molecule has 0 radical (unpaired) electrons. The number of nitrogens with one attached hydrogen (secondary N) is 1. The topological polar surface area (TPSA) is 38.3 Å². The van der Waals surface area contributed by atoms with E-state index in [1.165, 1.54) is 5.56 Å². The van der Waals surface area contributed by atoms with E-state index in [1.54, 1.807) is 24.3 Å². The van der Waals surface area contributed by atoms with Crippen molar-refractivity contribution in [3.8, 4) is 5.75 Å². The summed E-state index contributed by atoms with van der Waals surface area (Å²) in [5.41, 5.74) is 1.87. The van der Waals surface area contributed by atoms with Crippen LogP contribution in [0.25, 0.3) is 0 Å². The van der Waals surface area contributed by atoms with Gasteiger partial charge in [0.15, 0.2) is 6.61 Å². The average molecular weight is 318 g/mol. The van der Waals surface area contributed by atoms with Crippen LogP contribution in [0.3, 0.4) is 0 Å². The molecule has 3 nitrogen and oxygen atoms in total. The Morgan fingerprint density at radius 3 is 2.55 bits per heavy atom. The molecule has 1 amide bonds. The molecular weight excluding hydrogens is 298 g/mol. The van der Waals surface area contributed by atoms with Gasteiger partial charge in [0.2, 0.25) is 0 Å². The number of amides is 1. The van der Waals surface area contributed by atoms with Gasteiger partial charge in [-0.2, -0.15) is 0 Å². The predicted octanol–water partition coefficient (Wildman–Crippen LogP) is 4.66. The van der Waals surface area contributed by atoms with E-state index in [0.29, 0.717) is 16.5 Å². The molecular formula is C18H20ClNO2. The molecule has 22 heavy (non-hydrogen) atoms. The maximum absolute atomic E-state index is 11.9. The molecule has 0 heterocycles. The van der Waals surface area contributed by atoms with Gasteiger partial charge in [0.25, 0.3) is 5.91 Å². The normalized spacial score (nSPS) is 11.1. The Morgan fingerprint density at radius 2 is 1.86 bits per heavy atom. The Hall–Kier alpha value is -2.00. The molecule has 0 aliphatic heterocycles. The molecule has 0 fully saturated rings. The first-order chi connectivity index (χ1) is 10.3. The largest absolute Gasteiger partial charge is 0.484 e. The molecule has 0 saturated heterocycles. The number of benzene rings is 2. The fourth-order valence-electron chi connectivity index (χ4n) is 1.96. The van der Waals surface area contributed by atoms with Crippen molar-refractivity contribution in [2.75, 3.05) is 11.9 Å². The monoisotopic (exact) mass is 317 g/mol. The van der Waals surface area contributed by atoms with Gasteiger partial charge in [-0.1, -0.05) is 50.6 Å². The third kappa shape index (κ3) is 4.78. The summed E-state index contributed by atoms with van der Waals surface area (Å²) in [4.78, 5) is 11.9. The molecule has 1 N–H and O–H groups in total. The summed E-state index contributed by atoms with van der Waals surface area (Å²) in [6.07, 6.45) is 0. The summed E-state index contributed by atoms with van der Waals surface area (Å²) >= 11 is 5.88. The van der Waals surface area contributed by atoms with E-state index in [4.69, 9.17) is 16.3 Å². The molecule has 0 spiro atoms. The maximum Gasteiger partial charge on any atom is 0.262 e. The highest BCUT2D eigenvalue weighted by Gasteiger charge is 2.14. The predicted molar refractivity (Wildman–Crippen MR) is 90.7 cm³/mol. The van der Waals surface area contributed by atoms with Crippen LogP contribution in [0.5, 0.6) is 5.75 Å². The lowest BCUT2D eigenvalue weighted by atomic mass is 9.87. The minimum Gasteiger partial charge on any atom is -0.484 e. The lowest BCUT2D eigenvalue weighted by Crippen LogP contribution is -2.20. The number of ether oxygens (including phenoxy) is 1. The Balaban J connectivity index is 1.94. The first-order valence-electron chi connectivity index (χ1n) is 7.13. The van der Waals surface area contributed by atoms with Crippen molar-refractivity contribution >= 4 is 23.2 Å². The van der Waals surface area contributed by atoms with Crippen molar-refractivity contribution < 1.29 is 9.53 Å². The minimum absolute atomic E-state index is 0.0416. The Labute approximate surface area is 136 Å². The van der Waals surface area contributed by atoms with Crippen LogP contribution in [0.4, 0.5) is 5.69 Å². The van der Waals surface area contributed by atoms with E-state index in [2.05, 4.69) is 32.2 Å². The fraction of sp³-hybridized carbons (Fsp3) is 0.278. The van der Waals surface area contributed by atoms with Crippen LogP contribution >= 0.6 is 11.6 Å². The molecule has 0 atom stereocenters. The molecule has 0 aromatic heterocycles. The van der Waals surface area contributed by atoms with E-state index < -0.39 is 0 Å².